The number of nitrogens with zero attached hydrogens (tertiary/aromatic N) is 2. The van der Waals surface area contributed by atoms with Gasteiger partial charge in [-0.2, -0.15) is 5.10 Å². The third-order valence-electron chi connectivity index (χ3n) is 2.88. The Morgan fingerprint density at radius 2 is 2.28 bits per heavy atom. The molecule has 3 N–H and O–H groups in total. The molecule has 0 fully saturated rings. The standard InChI is InChI=1S/C12H24N4O2/c1-4-16-12(11(17-3)9-14-16)10(15-13)7-6-8-18-5-2/h9-10,15H,4-8,13H2,1-3H3. The van der Waals surface area contributed by atoms with E-state index in [-0.39, 0.29) is 6.04 Å². The number of nitrogens with two attached hydrogens (primary N) is 1. The lowest BCUT2D eigenvalue weighted by atomic mass is 10.1. The van der Waals surface area contributed by atoms with Gasteiger partial charge in [-0.05, 0) is 26.7 Å². The number of hydrogen-bond donors (Lipinski definition) is 2. The monoisotopic (exact) mass is 256 g/mol. The summed E-state index contributed by atoms with van der Waals surface area (Å²) in [6, 6.07) is 0.0304. The third-order valence-corrected chi connectivity index (χ3v) is 2.88. The molecule has 6 heteroatoms. The van der Waals surface area contributed by atoms with Gasteiger partial charge in [0.05, 0.1) is 25.0 Å². The van der Waals surface area contributed by atoms with E-state index < -0.39 is 0 Å². The maximum absolute atomic E-state index is 5.64. The van der Waals surface area contributed by atoms with E-state index in [1.165, 1.54) is 0 Å². The smallest absolute Gasteiger partial charge is 0.161 e. The molecule has 18 heavy (non-hydrogen) atoms. The summed E-state index contributed by atoms with van der Waals surface area (Å²) >= 11 is 0. The Hall–Kier alpha value is -1.11. The van der Waals surface area contributed by atoms with Crippen LogP contribution in [-0.4, -0.2) is 30.1 Å². The molecule has 1 heterocycles. The van der Waals surface area contributed by atoms with Crippen LogP contribution in [0.1, 0.15) is 38.4 Å². The average molecular weight is 256 g/mol. The van der Waals surface area contributed by atoms with E-state index in [1.54, 1.807) is 13.3 Å². The summed E-state index contributed by atoms with van der Waals surface area (Å²) in [7, 11) is 1.65. The molecule has 0 saturated heterocycles. The highest BCUT2D eigenvalue weighted by Crippen LogP contribution is 2.27. The quantitative estimate of drug-likeness (QED) is 0.395. The van der Waals surface area contributed by atoms with Crippen LogP contribution >= 0.6 is 0 Å². The van der Waals surface area contributed by atoms with Crippen LogP contribution in [0.2, 0.25) is 0 Å². The molecule has 6 nitrogen and oxygen atoms in total. The molecule has 0 aliphatic rings. The van der Waals surface area contributed by atoms with E-state index in [0.29, 0.717) is 0 Å². The summed E-state index contributed by atoms with van der Waals surface area (Å²) in [4.78, 5) is 0. The summed E-state index contributed by atoms with van der Waals surface area (Å²) < 4.78 is 12.6. The van der Waals surface area contributed by atoms with Crippen molar-refractivity contribution in [2.45, 2.75) is 39.3 Å². The zero-order chi connectivity index (χ0) is 13.4. The Kier molecular flexibility index (Phi) is 6.70. The van der Waals surface area contributed by atoms with Gasteiger partial charge in [0.25, 0.3) is 0 Å². The molecule has 0 amide bonds. The Morgan fingerprint density at radius 1 is 1.50 bits per heavy atom. The van der Waals surface area contributed by atoms with Gasteiger partial charge in [-0.15, -0.1) is 0 Å². The van der Waals surface area contributed by atoms with Crippen molar-refractivity contribution in [1.29, 1.82) is 0 Å². The zero-order valence-corrected chi connectivity index (χ0v) is 11.5. The minimum atomic E-state index is 0.0304. The van der Waals surface area contributed by atoms with Crippen LogP contribution in [0.5, 0.6) is 5.75 Å². The van der Waals surface area contributed by atoms with Crippen LogP contribution in [0.25, 0.3) is 0 Å². The molecule has 1 unspecified atom stereocenters. The summed E-state index contributed by atoms with van der Waals surface area (Å²) in [5, 5.41) is 4.28. The van der Waals surface area contributed by atoms with Gasteiger partial charge >= 0.3 is 0 Å². The van der Waals surface area contributed by atoms with Crippen LogP contribution in [0.4, 0.5) is 0 Å². The topological polar surface area (TPSA) is 74.3 Å². The maximum atomic E-state index is 5.64. The number of aryl methyl sites for hydroxylation is 1. The Bertz CT molecular complexity index is 319. The lowest BCUT2D eigenvalue weighted by Gasteiger charge is -2.18. The van der Waals surface area contributed by atoms with Crippen LogP contribution in [-0.2, 0) is 11.3 Å². The van der Waals surface area contributed by atoms with Gasteiger partial charge in [0, 0.05) is 19.8 Å². The van der Waals surface area contributed by atoms with Gasteiger partial charge in [0.2, 0.25) is 0 Å². The number of rotatable bonds is 9. The first-order valence-electron chi connectivity index (χ1n) is 6.41. The van der Waals surface area contributed by atoms with E-state index in [9.17, 15) is 0 Å². The number of hydrogen-bond acceptors (Lipinski definition) is 5. The molecule has 1 atom stereocenters. The second-order valence-corrected chi connectivity index (χ2v) is 3.97. The predicted molar refractivity (Wildman–Crippen MR) is 70.2 cm³/mol. The number of ether oxygens (including phenoxy) is 2. The predicted octanol–water partition coefficient (Wildman–Crippen LogP) is 1.23. The fourth-order valence-corrected chi connectivity index (χ4v) is 1.97. The van der Waals surface area contributed by atoms with E-state index in [1.807, 2.05) is 18.5 Å². The van der Waals surface area contributed by atoms with Crippen molar-refractivity contribution in [3.05, 3.63) is 11.9 Å². The van der Waals surface area contributed by atoms with E-state index in [4.69, 9.17) is 15.3 Å². The van der Waals surface area contributed by atoms with Gasteiger partial charge in [-0.1, -0.05) is 0 Å². The lowest BCUT2D eigenvalue weighted by Crippen LogP contribution is -2.30. The number of methoxy groups -OCH3 is 1. The van der Waals surface area contributed by atoms with Gasteiger partial charge < -0.3 is 9.47 Å². The van der Waals surface area contributed by atoms with Crippen molar-refractivity contribution in [1.82, 2.24) is 15.2 Å². The Balaban J connectivity index is 2.70. The molecule has 0 aromatic carbocycles. The second-order valence-electron chi connectivity index (χ2n) is 3.97. The molecule has 0 saturated carbocycles. The third kappa shape index (κ3) is 3.69. The zero-order valence-electron chi connectivity index (χ0n) is 11.5. The van der Waals surface area contributed by atoms with Crippen LogP contribution in [0.15, 0.2) is 6.20 Å². The molecule has 0 aliphatic carbocycles. The van der Waals surface area contributed by atoms with Gasteiger partial charge in [0.1, 0.15) is 0 Å². The van der Waals surface area contributed by atoms with E-state index >= 15 is 0 Å². The summed E-state index contributed by atoms with van der Waals surface area (Å²) in [6.07, 6.45) is 3.56. The van der Waals surface area contributed by atoms with Crippen molar-refractivity contribution >= 4 is 0 Å². The first-order chi connectivity index (χ1) is 8.78. The normalized spacial score (nSPS) is 12.7. The SMILES string of the molecule is CCOCCCC(NN)c1c(OC)cnn1CC. The molecular weight excluding hydrogens is 232 g/mol. The molecule has 0 bridgehead atoms. The lowest BCUT2D eigenvalue weighted by molar-refractivity contribution is 0.140. The number of aromatic nitrogens is 2. The molecule has 1 aromatic heterocycles. The molecule has 1 rings (SSSR count). The van der Waals surface area contributed by atoms with Crippen molar-refractivity contribution in [2.75, 3.05) is 20.3 Å². The summed E-state index contributed by atoms with van der Waals surface area (Å²) in [5.41, 5.74) is 3.83. The van der Waals surface area contributed by atoms with Gasteiger partial charge in [-0.25, -0.2) is 0 Å². The summed E-state index contributed by atoms with van der Waals surface area (Å²) in [6.45, 7) is 6.33. The van der Waals surface area contributed by atoms with Crippen molar-refractivity contribution in [3.8, 4) is 5.75 Å². The Morgan fingerprint density at radius 3 is 2.83 bits per heavy atom. The molecule has 0 radical (unpaired) electrons. The maximum Gasteiger partial charge on any atom is 0.161 e. The fraction of sp³-hybridized carbons (Fsp3) is 0.750. The average Bonchev–Trinajstić information content (AvgIpc) is 2.82. The highest BCUT2D eigenvalue weighted by atomic mass is 16.5. The first kappa shape index (κ1) is 14.9. The fourth-order valence-electron chi connectivity index (χ4n) is 1.97. The van der Waals surface area contributed by atoms with Gasteiger partial charge in [0.15, 0.2) is 5.75 Å². The van der Waals surface area contributed by atoms with E-state index in [0.717, 1.165) is 44.0 Å². The van der Waals surface area contributed by atoms with Crippen molar-refractivity contribution < 1.29 is 9.47 Å². The minimum Gasteiger partial charge on any atom is -0.493 e. The molecule has 104 valence electrons. The number of hydrazine groups is 1. The van der Waals surface area contributed by atoms with Crippen LogP contribution < -0.4 is 16.0 Å². The largest absolute Gasteiger partial charge is 0.493 e. The Labute approximate surface area is 108 Å². The van der Waals surface area contributed by atoms with Crippen molar-refractivity contribution in [2.24, 2.45) is 5.84 Å². The summed E-state index contributed by atoms with van der Waals surface area (Å²) in [5.74, 6) is 6.41. The highest BCUT2D eigenvalue weighted by Gasteiger charge is 2.20. The molecule has 1 aromatic rings. The minimum absolute atomic E-state index is 0.0304. The second kappa shape index (κ2) is 8.07. The van der Waals surface area contributed by atoms with Crippen LogP contribution in [0.3, 0.4) is 0 Å². The first-order valence-corrected chi connectivity index (χ1v) is 6.41. The highest BCUT2D eigenvalue weighted by molar-refractivity contribution is 5.28. The van der Waals surface area contributed by atoms with Crippen molar-refractivity contribution in [3.63, 3.8) is 0 Å². The van der Waals surface area contributed by atoms with Gasteiger partial charge in [-0.3, -0.25) is 16.0 Å². The molecular formula is C12H24N4O2. The van der Waals surface area contributed by atoms with E-state index in [2.05, 4.69) is 10.5 Å². The number of nitrogens with one attached hydrogen (secondary N) is 1. The van der Waals surface area contributed by atoms with Crippen LogP contribution in [0, 0.1) is 0 Å². The molecule has 0 aliphatic heterocycles. The molecule has 0 spiro atoms.